The van der Waals surface area contributed by atoms with Gasteiger partial charge in [-0.3, -0.25) is 0 Å². The quantitative estimate of drug-likeness (QED) is 0.464. The molecule has 2 heterocycles. The number of thioether (sulfide) groups is 1. The fraction of sp³-hybridized carbons (Fsp3) is 0.429. The summed E-state index contributed by atoms with van der Waals surface area (Å²) in [6.45, 7) is 7.05. The number of aromatic nitrogens is 2. The highest BCUT2D eigenvalue weighted by Crippen LogP contribution is 2.44. The van der Waals surface area contributed by atoms with Gasteiger partial charge in [0.25, 0.3) is 0 Å². The molecule has 0 saturated heterocycles. The van der Waals surface area contributed by atoms with Gasteiger partial charge in [0.05, 0.1) is 5.39 Å². The summed E-state index contributed by atoms with van der Waals surface area (Å²) in [5.41, 5.74) is 9.39. The molecule has 0 bridgehead atoms. The molecule has 3 aromatic rings. The molecule has 1 aromatic carbocycles. The van der Waals surface area contributed by atoms with E-state index in [-0.39, 0.29) is 0 Å². The molecule has 1 atom stereocenters. The Hall–Kier alpha value is -1.59. The highest BCUT2D eigenvalue weighted by Gasteiger charge is 2.31. The van der Waals surface area contributed by atoms with E-state index in [1.165, 1.54) is 22.4 Å². The van der Waals surface area contributed by atoms with E-state index >= 15 is 0 Å². The third-order valence-electron chi connectivity index (χ3n) is 5.35. The van der Waals surface area contributed by atoms with Crippen LogP contribution in [-0.2, 0) is 18.6 Å². The summed E-state index contributed by atoms with van der Waals surface area (Å²) >= 11 is 3.48. The second-order valence-corrected chi connectivity index (χ2v) is 10.2. The summed E-state index contributed by atoms with van der Waals surface area (Å²) in [6, 6.07) is 10.4. The maximum absolute atomic E-state index is 6.36. The molecule has 0 amide bonds. The first-order chi connectivity index (χ1) is 12.4. The number of nitrogen functional groups attached to an aromatic ring is 1. The topological polar surface area (TPSA) is 51.8 Å². The van der Waals surface area contributed by atoms with Crippen LogP contribution < -0.4 is 5.73 Å². The number of fused-ring (bicyclic) bond motifs is 3. The van der Waals surface area contributed by atoms with Crippen molar-refractivity contribution in [2.45, 2.75) is 50.9 Å². The summed E-state index contributed by atoms with van der Waals surface area (Å²) < 4.78 is 0. The Morgan fingerprint density at radius 3 is 2.69 bits per heavy atom. The average molecular weight is 384 g/mol. The number of nitrogens with two attached hydrogens (primary N) is 1. The van der Waals surface area contributed by atoms with E-state index in [0.717, 1.165) is 39.9 Å². The van der Waals surface area contributed by atoms with Crippen LogP contribution in [0, 0.1) is 11.3 Å². The average Bonchev–Trinajstić information content (AvgIpc) is 2.98. The van der Waals surface area contributed by atoms with Crippen LogP contribution in [0.5, 0.6) is 0 Å². The molecule has 4 rings (SSSR count). The van der Waals surface area contributed by atoms with Gasteiger partial charge in [-0.15, -0.1) is 11.3 Å². The largest absolute Gasteiger partial charge is 0.383 e. The highest BCUT2D eigenvalue weighted by atomic mass is 32.2. The van der Waals surface area contributed by atoms with E-state index in [1.54, 1.807) is 11.8 Å². The molecule has 2 N–H and O–H groups in total. The fourth-order valence-electron chi connectivity index (χ4n) is 3.71. The van der Waals surface area contributed by atoms with Crippen LogP contribution in [0.2, 0.25) is 0 Å². The predicted octanol–water partition coefficient (Wildman–Crippen LogP) is 5.72. The Balaban J connectivity index is 1.62. The molecule has 0 unspecified atom stereocenters. The summed E-state index contributed by atoms with van der Waals surface area (Å²) in [4.78, 5) is 12.0. The molecule has 1 aliphatic carbocycles. The van der Waals surface area contributed by atoms with Crippen LogP contribution in [0.25, 0.3) is 10.2 Å². The zero-order valence-corrected chi connectivity index (χ0v) is 17.2. The van der Waals surface area contributed by atoms with Crippen molar-refractivity contribution in [3.63, 3.8) is 0 Å². The number of hydrogen-bond donors (Lipinski definition) is 1. The van der Waals surface area contributed by atoms with E-state index in [4.69, 9.17) is 10.7 Å². The predicted molar refractivity (Wildman–Crippen MR) is 113 cm³/mol. The zero-order chi connectivity index (χ0) is 18.3. The first-order valence-corrected chi connectivity index (χ1v) is 11.0. The van der Waals surface area contributed by atoms with Crippen molar-refractivity contribution in [3.8, 4) is 0 Å². The smallest absolute Gasteiger partial charge is 0.191 e. The number of anilines is 1. The van der Waals surface area contributed by atoms with Crippen molar-refractivity contribution >= 4 is 39.1 Å². The molecule has 26 heavy (non-hydrogen) atoms. The maximum Gasteiger partial charge on any atom is 0.191 e. The van der Waals surface area contributed by atoms with Crippen LogP contribution in [0.3, 0.4) is 0 Å². The number of nitrogens with zero attached hydrogens (tertiary/aromatic N) is 2. The molecule has 0 radical (unpaired) electrons. The molecule has 0 aliphatic heterocycles. The van der Waals surface area contributed by atoms with Crippen LogP contribution in [0.1, 0.15) is 43.2 Å². The lowest BCUT2D eigenvalue weighted by atomic mass is 9.72. The Kier molecular flexibility index (Phi) is 4.70. The van der Waals surface area contributed by atoms with E-state index in [9.17, 15) is 0 Å². The van der Waals surface area contributed by atoms with Crippen molar-refractivity contribution in [2.75, 3.05) is 5.73 Å². The van der Waals surface area contributed by atoms with Gasteiger partial charge >= 0.3 is 0 Å². The Morgan fingerprint density at radius 2 is 1.96 bits per heavy atom. The van der Waals surface area contributed by atoms with Gasteiger partial charge in [-0.1, -0.05) is 62.9 Å². The second kappa shape index (κ2) is 6.86. The minimum atomic E-state index is 0.349. The number of benzene rings is 1. The standard InChI is InChI=1S/C21H25N3S2/c1-21(2,3)14-9-10-15-16(11-14)26-19-17(15)18(22)23-20(24-19)25-12-13-7-5-4-6-8-13/h4-8,14H,9-12H2,1-3H3,(H2,22,23,24)/t14-/m1/s1. The van der Waals surface area contributed by atoms with Gasteiger partial charge < -0.3 is 5.73 Å². The van der Waals surface area contributed by atoms with E-state index in [2.05, 4.69) is 50.0 Å². The molecule has 2 aromatic heterocycles. The first kappa shape index (κ1) is 17.8. The van der Waals surface area contributed by atoms with Gasteiger partial charge in [0.15, 0.2) is 5.16 Å². The fourth-order valence-corrected chi connectivity index (χ4v) is 5.88. The van der Waals surface area contributed by atoms with E-state index in [1.807, 2.05) is 17.4 Å². The van der Waals surface area contributed by atoms with Gasteiger partial charge in [0.1, 0.15) is 10.6 Å². The highest BCUT2D eigenvalue weighted by molar-refractivity contribution is 7.98. The lowest BCUT2D eigenvalue weighted by Crippen LogP contribution is -2.26. The van der Waals surface area contributed by atoms with Crippen LogP contribution in [-0.4, -0.2) is 9.97 Å². The maximum atomic E-state index is 6.36. The number of aryl methyl sites for hydroxylation is 1. The SMILES string of the molecule is CC(C)(C)[C@@H]1CCc2c(sc3nc(SCc4ccccc4)nc(N)c23)C1. The Labute approximate surface area is 163 Å². The summed E-state index contributed by atoms with van der Waals surface area (Å²) in [7, 11) is 0. The van der Waals surface area contributed by atoms with Crippen molar-refractivity contribution in [2.24, 2.45) is 11.3 Å². The lowest BCUT2D eigenvalue weighted by molar-refractivity contribution is 0.218. The second-order valence-electron chi connectivity index (χ2n) is 8.16. The number of thiophene rings is 1. The Bertz CT molecular complexity index is 926. The zero-order valence-electron chi connectivity index (χ0n) is 15.6. The van der Waals surface area contributed by atoms with Crippen LogP contribution >= 0.6 is 23.1 Å². The van der Waals surface area contributed by atoms with Crippen molar-refractivity contribution in [1.29, 1.82) is 0 Å². The molecule has 136 valence electrons. The monoisotopic (exact) mass is 383 g/mol. The third-order valence-corrected chi connectivity index (χ3v) is 7.42. The van der Waals surface area contributed by atoms with Crippen LogP contribution in [0.15, 0.2) is 35.5 Å². The molecule has 0 spiro atoms. The third kappa shape index (κ3) is 3.47. The van der Waals surface area contributed by atoms with Gasteiger partial charge in [-0.2, -0.15) is 0 Å². The summed E-state index contributed by atoms with van der Waals surface area (Å²) in [5.74, 6) is 2.24. The minimum Gasteiger partial charge on any atom is -0.383 e. The number of rotatable bonds is 3. The van der Waals surface area contributed by atoms with Gasteiger partial charge in [0, 0.05) is 10.6 Å². The molecule has 5 heteroatoms. The summed E-state index contributed by atoms with van der Waals surface area (Å²) in [5, 5.41) is 1.89. The van der Waals surface area contributed by atoms with E-state index < -0.39 is 0 Å². The molecule has 3 nitrogen and oxygen atoms in total. The van der Waals surface area contributed by atoms with Gasteiger partial charge in [-0.25, -0.2) is 9.97 Å². The molecule has 0 fully saturated rings. The van der Waals surface area contributed by atoms with E-state index in [0.29, 0.717) is 11.2 Å². The minimum absolute atomic E-state index is 0.349. The molecule has 0 saturated carbocycles. The summed E-state index contributed by atoms with van der Waals surface area (Å²) in [6.07, 6.45) is 3.47. The van der Waals surface area contributed by atoms with Gasteiger partial charge in [-0.05, 0) is 41.7 Å². The Morgan fingerprint density at radius 1 is 1.19 bits per heavy atom. The lowest BCUT2D eigenvalue weighted by Gasteiger charge is -2.33. The molecular weight excluding hydrogens is 358 g/mol. The van der Waals surface area contributed by atoms with Crippen molar-refractivity contribution < 1.29 is 0 Å². The van der Waals surface area contributed by atoms with Crippen LogP contribution in [0.4, 0.5) is 5.82 Å². The van der Waals surface area contributed by atoms with Crippen molar-refractivity contribution in [1.82, 2.24) is 9.97 Å². The first-order valence-electron chi connectivity index (χ1n) is 9.16. The van der Waals surface area contributed by atoms with Gasteiger partial charge in [0.2, 0.25) is 0 Å². The number of hydrogen-bond acceptors (Lipinski definition) is 5. The van der Waals surface area contributed by atoms with Crippen molar-refractivity contribution in [3.05, 3.63) is 46.3 Å². The molecule has 1 aliphatic rings. The molecular formula is C21H25N3S2. The normalized spacial score (nSPS) is 17.4.